The summed E-state index contributed by atoms with van der Waals surface area (Å²) in [4.78, 5) is 0. The lowest BCUT2D eigenvalue weighted by molar-refractivity contribution is 0.0564. The van der Waals surface area contributed by atoms with E-state index in [2.05, 4.69) is 200 Å². The fourth-order valence-corrected chi connectivity index (χ4v) is 7.84. The first-order valence-corrected chi connectivity index (χ1v) is 23.8. The van der Waals surface area contributed by atoms with E-state index in [1.165, 1.54) is 51.8 Å². The molecule has 0 aromatic heterocycles. The summed E-state index contributed by atoms with van der Waals surface area (Å²) >= 11 is 0. The molecule has 0 unspecified atom stereocenters. The molecule has 0 bridgehead atoms. The van der Waals surface area contributed by atoms with Gasteiger partial charge in [0.05, 0.1) is 18.1 Å². The Hall–Kier alpha value is -3.71. The average Bonchev–Trinajstić information content (AvgIpc) is 3.18. The zero-order valence-corrected chi connectivity index (χ0v) is 42.7. The van der Waals surface area contributed by atoms with Crippen molar-refractivity contribution in [2.45, 2.75) is 171 Å². The standard InChI is InChI=1S/C16H24O.C15H24O.C14H19N.C14H22/c1-13(2)12-14-4-6-15(7-5-14)16(3)8-10-17-11-9-16;1-12(2)10-13-6-8-14(9-7-13)15(3,4)11-16-5;1-11(2)9-12-5-7-13(8-6-12)14(3,4)10-15;1-11(2)10-12-6-8-13(9-7-12)14(3,4)5/h4-7,13H,8-12H2,1-3H3;6-9,12H,10-11H2,1-5H3;5-8,11H,9H2,1-4H3;6-9,11H,10H2,1-5H3. The largest absolute Gasteiger partial charge is 0.384 e. The number of hydrogen-bond donors (Lipinski definition) is 0. The van der Waals surface area contributed by atoms with E-state index in [1.807, 2.05) is 13.8 Å². The van der Waals surface area contributed by atoms with Crippen LogP contribution in [0.3, 0.4) is 0 Å². The molecular formula is C59H89NO2. The fourth-order valence-electron chi connectivity index (χ4n) is 7.84. The highest BCUT2D eigenvalue weighted by atomic mass is 16.5. The molecule has 3 nitrogen and oxygen atoms in total. The molecule has 342 valence electrons. The van der Waals surface area contributed by atoms with Crippen molar-refractivity contribution in [2.24, 2.45) is 23.7 Å². The van der Waals surface area contributed by atoms with Gasteiger partial charge in [-0.25, -0.2) is 0 Å². The Morgan fingerprint density at radius 3 is 1.16 bits per heavy atom. The molecular weight excluding hydrogens is 755 g/mol. The predicted octanol–water partition coefficient (Wildman–Crippen LogP) is 15.6. The van der Waals surface area contributed by atoms with Crippen molar-refractivity contribution < 1.29 is 9.47 Å². The molecule has 0 spiro atoms. The third-order valence-corrected chi connectivity index (χ3v) is 11.8. The van der Waals surface area contributed by atoms with Gasteiger partial charge in [0.2, 0.25) is 0 Å². The summed E-state index contributed by atoms with van der Waals surface area (Å²) in [5.41, 5.74) is 11.4. The van der Waals surface area contributed by atoms with Crippen molar-refractivity contribution in [1.82, 2.24) is 0 Å². The first kappa shape index (κ1) is 54.4. The van der Waals surface area contributed by atoms with Crippen LogP contribution in [0.5, 0.6) is 0 Å². The van der Waals surface area contributed by atoms with Gasteiger partial charge in [0.25, 0.3) is 0 Å². The van der Waals surface area contributed by atoms with E-state index in [4.69, 9.17) is 14.7 Å². The van der Waals surface area contributed by atoms with E-state index >= 15 is 0 Å². The molecule has 1 aliphatic rings. The van der Waals surface area contributed by atoms with E-state index in [1.54, 1.807) is 7.11 Å². The summed E-state index contributed by atoms with van der Waals surface area (Å²) < 4.78 is 10.7. The number of hydrogen-bond acceptors (Lipinski definition) is 3. The molecule has 1 heterocycles. The SMILES string of the molecule is CC(C)Cc1ccc(C(C)(C)C#N)cc1.CC(C)Cc1ccc(C(C)(C)C)cc1.CC(C)Cc1ccc(C2(C)CCOCC2)cc1.COCC(C)(C)c1ccc(CC(C)C)cc1. The average molecular weight is 844 g/mol. The zero-order valence-electron chi connectivity index (χ0n) is 42.7. The number of nitriles is 1. The lowest BCUT2D eigenvalue weighted by Crippen LogP contribution is -2.30. The summed E-state index contributed by atoms with van der Waals surface area (Å²) in [6.45, 7) is 38.0. The van der Waals surface area contributed by atoms with E-state index in [0.717, 1.165) is 68.8 Å². The molecule has 1 fully saturated rings. The van der Waals surface area contributed by atoms with Crippen LogP contribution in [-0.2, 0) is 56.8 Å². The van der Waals surface area contributed by atoms with Crippen molar-refractivity contribution in [3.05, 3.63) is 142 Å². The molecule has 4 aromatic rings. The van der Waals surface area contributed by atoms with Gasteiger partial charge >= 0.3 is 0 Å². The first-order valence-electron chi connectivity index (χ1n) is 23.8. The van der Waals surface area contributed by atoms with Crippen molar-refractivity contribution in [1.29, 1.82) is 5.26 Å². The summed E-state index contributed by atoms with van der Waals surface area (Å²) in [5.74, 6) is 2.88. The van der Waals surface area contributed by atoms with Gasteiger partial charge in [-0.1, -0.05) is 194 Å². The summed E-state index contributed by atoms with van der Waals surface area (Å²) in [5, 5.41) is 9.01. The van der Waals surface area contributed by atoms with Crippen LogP contribution in [0.25, 0.3) is 0 Å². The molecule has 3 heteroatoms. The highest BCUT2D eigenvalue weighted by Gasteiger charge is 2.29. The number of nitrogens with zero attached hydrogens (tertiary/aromatic N) is 1. The number of methoxy groups -OCH3 is 1. The van der Waals surface area contributed by atoms with E-state index in [0.29, 0.717) is 11.3 Å². The monoisotopic (exact) mass is 844 g/mol. The molecule has 0 amide bonds. The highest BCUT2D eigenvalue weighted by molar-refractivity contribution is 5.33. The van der Waals surface area contributed by atoms with Crippen molar-refractivity contribution in [3.8, 4) is 6.07 Å². The summed E-state index contributed by atoms with van der Waals surface area (Å²) in [7, 11) is 1.76. The topological polar surface area (TPSA) is 42.2 Å². The van der Waals surface area contributed by atoms with Crippen molar-refractivity contribution in [2.75, 3.05) is 26.9 Å². The van der Waals surface area contributed by atoms with Gasteiger partial charge in [-0.2, -0.15) is 5.26 Å². The second-order valence-corrected chi connectivity index (χ2v) is 22.2. The molecule has 0 radical (unpaired) electrons. The van der Waals surface area contributed by atoms with Crippen LogP contribution in [0.1, 0.15) is 168 Å². The normalized spacial score (nSPS) is 14.0. The fraction of sp³-hybridized carbons (Fsp3) is 0.576. The van der Waals surface area contributed by atoms with E-state index in [-0.39, 0.29) is 16.2 Å². The van der Waals surface area contributed by atoms with Gasteiger partial charge in [-0.15, -0.1) is 0 Å². The number of ether oxygens (including phenoxy) is 2. The second kappa shape index (κ2) is 25.5. The smallest absolute Gasteiger partial charge is 0.0766 e. The third kappa shape index (κ3) is 19.8. The maximum Gasteiger partial charge on any atom is 0.0766 e. The first-order chi connectivity index (χ1) is 28.9. The predicted molar refractivity (Wildman–Crippen MR) is 270 cm³/mol. The molecule has 0 atom stereocenters. The lowest BCUT2D eigenvalue weighted by Gasteiger charge is -2.34. The Labute approximate surface area is 382 Å². The molecule has 4 aromatic carbocycles. The van der Waals surface area contributed by atoms with Gasteiger partial charge in [0.15, 0.2) is 0 Å². The quantitative estimate of drug-likeness (QED) is 0.135. The van der Waals surface area contributed by atoms with Crippen molar-refractivity contribution >= 4 is 0 Å². The van der Waals surface area contributed by atoms with Crippen LogP contribution in [0.15, 0.2) is 97.1 Å². The maximum absolute atomic E-state index is 9.01. The zero-order chi connectivity index (χ0) is 46.7. The summed E-state index contributed by atoms with van der Waals surface area (Å²) in [6.07, 6.45) is 6.93. The van der Waals surface area contributed by atoms with Crippen LogP contribution in [0.4, 0.5) is 0 Å². The van der Waals surface area contributed by atoms with Crippen LogP contribution in [0.2, 0.25) is 0 Å². The van der Waals surface area contributed by atoms with Gasteiger partial charge in [0.1, 0.15) is 0 Å². The molecule has 0 N–H and O–H groups in total. The van der Waals surface area contributed by atoms with Crippen LogP contribution in [0, 0.1) is 35.0 Å². The van der Waals surface area contributed by atoms with Gasteiger partial charge in [-0.05, 0) is 131 Å². The van der Waals surface area contributed by atoms with Gasteiger partial charge in [-0.3, -0.25) is 0 Å². The number of benzene rings is 4. The minimum Gasteiger partial charge on any atom is -0.384 e. The Bertz CT molecular complexity index is 1840. The minimum atomic E-state index is -0.379. The van der Waals surface area contributed by atoms with Gasteiger partial charge < -0.3 is 9.47 Å². The molecule has 62 heavy (non-hydrogen) atoms. The van der Waals surface area contributed by atoms with Crippen molar-refractivity contribution in [3.63, 3.8) is 0 Å². The highest BCUT2D eigenvalue weighted by Crippen LogP contribution is 2.34. The maximum atomic E-state index is 9.01. The molecule has 0 saturated carbocycles. The molecule has 5 rings (SSSR count). The molecule has 1 saturated heterocycles. The Morgan fingerprint density at radius 1 is 0.532 bits per heavy atom. The third-order valence-electron chi connectivity index (χ3n) is 11.8. The second-order valence-electron chi connectivity index (χ2n) is 22.2. The molecule has 0 aliphatic carbocycles. The lowest BCUT2D eigenvalue weighted by atomic mass is 9.76. The molecule has 1 aliphatic heterocycles. The summed E-state index contributed by atoms with van der Waals surface area (Å²) in [6, 6.07) is 38.0. The Morgan fingerprint density at radius 2 is 0.855 bits per heavy atom. The van der Waals surface area contributed by atoms with E-state index < -0.39 is 0 Å². The minimum absolute atomic E-state index is 0.102. The van der Waals surface area contributed by atoms with Gasteiger partial charge in [0, 0.05) is 25.7 Å². The number of rotatable bonds is 13. The van der Waals surface area contributed by atoms with Crippen LogP contribution in [-0.4, -0.2) is 26.9 Å². The van der Waals surface area contributed by atoms with Crippen LogP contribution >= 0.6 is 0 Å². The Balaban J connectivity index is 0.000000285. The van der Waals surface area contributed by atoms with E-state index in [9.17, 15) is 0 Å². The Kier molecular flexibility index (Phi) is 22.4. The van der Waals surface area contributed by atoms with Crippen LogP contribution < -0.4 is 0 Å².